The van der Waals surface area contributed by atoms with Gasteiger partial charge in [-0.1, -0.05) is 30.0 Å². The molecule has 1 fully saturated rings. The molecule has 1 aromatic rings. The zero-order valence-electron chi connectivity index (χ0n) is 18.9. The third kappa shape index (κ3) is 6.80. The summed E-state index contributed by atoms with van der Waals surface area (Å²) in [5, 5.41) is 0. The third-order valence-electron chi connectivity index (χ3n) is 4.57. The molecular weight excluding hydrogens is 434 g/mol. The Hall–Kier alpha value is -3.87. The summed E-state index contributed by atoms with van der Waals surface area (Å²) in [6.45, 7) is 5.97. The maximum Gasteiger partial charge on any atom is 0.418 e. The second-order valence-corrected chi connectivity index (χ2v) is 7.28. The van der Waals surface area contributed by atoms with Crippen molar-refractivity contribution >= 4 is 29.9 Å². The van der Waals surface area contributed by atoms with E-state index in [1.54, 1.807) is 30.3 Å². The van der Waals surface area contributed by atoms with Gasteiger partial charge in [0, 0.05) is 33.3 Å². The van der Waals surface area contributed by atoms with Crippen molar-refractivity contribution < 1.29 is 42.9 Å². The van der Waals surface area contributed by atoms with Crippen LogP contribution < -0.4 is 0 Å². The Morgan fingerprint density at radius 3 is 2.03 bits per heavy atom. The second kappa shape index (κ2) is 11.1. The summed E-state index contributed by atoms with van der Waals surface area (Å²) in [6, 6.07) is 7.60. The first-order chi connectivity index (χ1) is 15.5. The number of carbonyl (C=O) groups is 5. The minimum atomic E-state index is -1.43. The molecule has 0 unspecified atom stereocenters. The van der Waals surface area contributed by atoms with E-state index < -0.39 is 60.4 Å². The molecule has 1 aromatic carbocycles. The number of ether oxygens (including phenoxy) is 4. The molecule has 0 N–H and O–H groups in total. The van der Waals surface area contributed by atoms with Crippen LogP contribution in [0.5, 0.6) is 0 Å². The van der Waals surface area contributed by atoms with E-state index in [-0.39, 0.29) is 0 Å². The molecule has 2 rings (SSSR count). The highest BCUT2D eigenvalue weighted by Crippen LogP contribution is 2.28. The number of hydrogen-bond donors (Lipinski definition) is 0. The van der Waals surface area contributed by atoms with Crippen LogP contribution in [-0.4, -0.2) is 65.3 Å². The first-order valence-corrected chi connectivity index (χ1v) is 10.1. The Morgan fingerprint density at radius 1 is 0.939 bits per heavy atom. The molecule has 176 valence electrons. The Morgan fingerprint density at radius 2 is 1.52 bits per heavy atom. The Labute approximate surface area is 191 Å². The monoisotopic (exact) mass is 459 g/mol. The maximum atomic E-state index is 12.5. The van der Waals surface area contributed by atoms with Gasteiger partial charge in [-0.25, -0.2) is 9.69 Å². The first-order valence-electron chi connectivity index (χ1n) is 10.1. The molecule has 1 aliphatic heterocycles. The van der Waals surface area contributed by atoms with Crippen molar-refractivity contribution in [1.29, 1.82) is 0 Å². The van der Waals surface area contributed by atoms with Gasteiger partial charge in [-0.3, -0.25) is 19.2 Å². The van der Waals surface area contributed by atoms with E-state index in [0.717, 1.165) is 32.6 Å². The van der Waals surface area contributed by atoms with Gasteiger partial charge in [-0.05, 0) is 19.1 Å². The average Bonchev–Trinajstić information content (AvgIpc) is 3.05. The van der Waals surface area contributed by atoms with E-state index in [9.17, 15) is 24.0 Å². The largest absolute Gasteiger partial charge is 0.459 e. The summed E-state index contributed by atoms with van der Waals surface area (Å²) in [4.78, 5) is 60.7. The normalized spacial score (nSPS) is 19.8. The highest BCUT2D eigenvalue weighted by Gasteiger charge is 2.53. The standard InChI is InChI=1S/C23H25NO9/c1-13(30-15(3)26)20(31-16(4)27)22(32-17(5)28)21-19(24(14(2)25)23(29)33-21)12-11-18-9-7-6-8-10-18/h6-10,13,19-22H,1-5H3/t13-,19-,20+,21+,22+/m0/s1. The summed E-state index contributed by atoms with van der Waals surface area (Å²) >= 11 is 0. The van der Waals surface area contributed by atoms with Crippen molar-refractivity contribution in [3.63, 3.8) is 0 Å². The van der Waals surface area contributed by atoms with Crippen LogP contribution in [0.25, 0.3) is 0 Å². The molecule has 5 atom stereocenters. The lowest BCUT2D eigenvalue weighted by atomic mass is 9.97. The predicted molar refractivity (Wildman–Crippen MR) is 112 cm³/mol. The van der Waals surface area contributed by atoms with Gasteiger partial charge in [0.15, 0.2) is 18.3 Å². The zero-order chi connectivity index (χ0) is 24.7. The number of amides is 2. The fourth-order valence-corrected chi connectivity index (χ4v) is 3.36. The topological polar surface area (TPSA) is 126 Å². The van der Waals surface area contributed by atoms with E-state index in [1.165, 1.54) is 6.92 Å². The quantitative estimate of drug-likeness (QED) is 0.354. The molecule has 1 heterocycles. The Bertz CT molecular complexity index is 979. The number of rotatable bonds is 6. The molecule has 1 saturated heterocycles. The van der Waals surface area contributed by atoms with Crippen LogP contribution in [0.15, 0.2) is 30.3 Å². The number of imide groups is 1. The van der Waals surface area contributed by atoms with E-state index in [0.29, 0.717) is 5.56 Å². The molecule has 0 aromatic heterocycles. The molecular formula is C23H25NO9. The molecule has 0 saturated carbocycles. The van der Waals surface area contributed by atoms with Crippen LogP contribution in [0, 0.1) is 11.8 Å². The number of cyclic esters (lactones) is 1. The summed E-state index contributed by atoms with van der Waals surface area (Å²) in [7, 11) is 0. The van der Waals surface area contributed by atoms with E-state index >= 15 is 0 Å². The fourth-order valence-electron chi connectivity index (χ4n) is 3.36. The Balaban J connectivity index is 2.55. The van der Waals surface area contributed by atoms with Crippen LogP contribution in [0.1, 0.15) is 40.2 Å². The van der Waals surface area contributed by atoms with Gasteiger partial charge in [0.1, 0.15) is 12.1 Å². The number of benzene rings is 1. The lowest BCUT2D eigenvalue weighted by Gasteiger charge is -2.33. The molecule has 10 nitrogen and oxygen atoms in total. The molecule has 10 heteroatoms. The van der Waals surface area contributed by atoms with Gasteiger partial charge >= 0.3 is 24.0 Å². The van der Waals surface area contributed by atoms with E-state index in [4.69, 9.17) is 18.9 Å². The smallest absolute Gasteiger partial charge is 0.418 e. The molecule has 1 aliphatic rings. The van der Waals surface area contributed by atoms with Crippen molar-refractivity contribution in [2.24, 2.45) is 0 Å². The van der Waals surface area contributed by atoms with Crippen LogP contribution in [0.3, 0.4) is 0 Å². The van der Waals surface area contributed by atoms with Gasteiger partial charge in [0.2, 0.25) is 5.91 Å². The minimum Gasteiger partial charge on any atom is -0.459 e. The predicted octanol–water partition coefficient (Wildman–Crippen LogP) is 1.59. The van der Waals surface area contributed by atoms with Crippen LogP contribution in [0.2, 0.25) is 0 Å². The Kier molecular flexibility index (Phi) is 8.56. The summed E-state index contributed by atoms with van der Waals surface area (Å²) in [5.41, 5.74) is 0.605. The number of esters is 3. The average molecular weight is 459 g/mol. The van der Waals surface area contributed by atoms with Crippen LogP contribution in [0.4, 0.5) is 4.79 Å². The minimum absolute atomic E-state index is 0.605. The lowest BCUT2D eigenvalue weighted by molar-refractivity contribution is -0.189. The first kappa shape index (κ1) is 25.4. The van der Waals surface area contributed by atoms with Crippen molar-refractivity contribution in [1.82, 2.24) is 4.90 Å². The zero-order valence-corrected chi connectivity index (χ0v) is 18.9. The van der Waals surface area contributed by atoms with E-state index in [2.05, 4.69) is 11.8 Å². The molecule has 0 radical (unpaired) electrons. The van der Waals surface area contributed by atoms with Gasteiger partial charge in [0.25, 0.3) is 0 Å². The van der Waals surface area contributed by atoms with Crippen molar-refractivity contribution in [3.8, 4) is 11.8 Å². The van der Waals surface area contributed by atoms with Crippen molar-refractivity contribution in [2.75, 3.05) is 0 Å². The summed E-state index contributed by atoms with van der Waals surface area (Å²) in [6.07, 6.45) is -6.18. The third-order valence-corrected chi connectivity index (χ3v) is 4.57. The SMILES string of the molecule is CC(=O)O[C@H]([C@H](OC(C)=O)[C@H](C)OC(C)=O)[C@@H]1OC(=O)N(C(C)=O)[C@H]1C#Cc1ccccc1. The van der Waals surface area contributed by atoms with Crippen molar-refractivity contribution in [3.05, 3.63) is 35.9 Å². The highest BCUT2D eigenvalue weighted by atomic mass is 16.6. The van der Waals surface area contributed by atoms with Gasteiger partial charge in [-0.2, -0.15) is 0 Å². The highest BCUT2D eigenvalue weighted by molar-refractivity contribution is 5.93. The molecule has 33 heavy (non-hydrogen) atoms. The van der Waals surface area contributed by atoms with Gasteiger partial charge < -0.3 is 18.9 Å². The molecule has 2 amide bonds. The summed E-state index contributed by atoms with van der Waals surface area (Å²) < 4.78 is 21.2. The van der Waals surface area contributed by atoms with Crippen LogP contribution >= 0.6 is 0 Å². The van der Waals surface area contributed by atoms with Gasteiger partial charge in [0.05, 0.1) is 0 Å². The molecule has 0 bridgehead atoms. The number of carbonyl (C=O) groups excluding carboxylic acids is 5. The summed E-state index contributed by atoms with van der Waals surface area (Å²) in [5.74, 6) is 2.83. The molecule has 0 spiro atoms. The van der Waals surface area contributed by atoms with Crippen LogP contribution in [-0.2, 0) is 38.1 Å². The fraction of sp³-hybridized carbons (Fsp3) is 0.435. The number of hydrogen-bond acceptors (Lipinski definition) is 9. The lowest BCUT2D eigenvalue weighted by Crippen LogP contribution is -2.53. The second-order valence-electron chi connectivity index (χ2n) is 7.28. The molecule has 0 aliphatic carbocycles. The van der Waals surface area contributed by atoms with E-state index in [1.807, 2.05) is 0 Å². The van der Waals surface area contributed by atoms with Gasteiger partial charge in [-0.15, -0.1) is 0 Å². The maximum absolute atomic E-state index is 12.5. The van der Waals surface area contributed by atoms with Crippen molar-refractivity contribution in [2.45, 2.75) is 65.1 Å². The number of nitrogens with zero attached hydrogens (tertiary/aromatic N) is 1.